The molecule has 5 atom stereocenters. The standard InChI is InChI=1S/C29H40N6O5S/c1-28(13-14-28)41(38,39)34-26(37)29-16-19(29)9-5-3-2-4-6-10-20(30)17-35-18-21(15-24(35)25(36)33-29)40-27-31-22-11-7-8-12-23(22)32-27/h5,7-9,11-12,19-21,24H,2-4,6,10,13-18,30H2,1H3,(H,31,32)(H,33,36)(H,34,37)/b9-5-/t19-,20+,21-,24+,29-/m1/s1. The molecule has 3 heterocycles. The summed E-state index contributed by atoms with van der Waals surface area (Å²) in [6, 6.07) is 7.37. The van der Waals surface area contributed by atoms with Crippen molar-refractivity contribution in [2.45, 2.75) is 93.2 Å². The van der Waals surface area contributed by atoms with Gasteiger partial charge in [0.05, 0.1) is 21.8 Å². The molecule has 2 aliphatic carbocycles. The Morgan fingerprint density at radius 1 is 1.20 bits per heavy atom. The van der Waals surface area contributed by atoms with E-state index in [2.05, 4.69) is 20.0 Å². The highest BCUT2D eigenvalue weighted by molar-refractivity contribution is 7.91. The van der Waals surface area contributed by atoms with Gasteiger partial charge in [0.15, 0.2) is 0 Å². The first-order valence-electron chi connectivity index (χ1n) is 14.8. The number of allylic oxidation sites excluding steroid dienone is 1. The van der Waals surface area contributed by atoms with Crippen LogP contribution in [0.15, 0.2) is 36.4 Å². The van der Waals surface area contributed by atoms with Gasteiger partial charge in [0.1, 0.15) is 11.6 Å². The summed E-state index contributed by atoms with van der Waals surface area (Å²) in [5.41, 5.74) is 6.88. The molecule has 12 heteroatoms. The van der Waals surface area contributed by atoms with E-state index in [0.29, 0.717) is 44.8 Å². The van der Waals surface area contributed by atoms with Gasteiger partial charge in [0, 0.05) is 31.5 Å². The van der Waals surface area contributed by atoms with Gasteiger partial charge in [-0.25, -0.2) is 8.42 Å². The van der Waals surface area contributed by atoms with Crippen molar-refractivity contribution in [3.63, 3.8) is 0 Å². The van der Waals surface area contributed by atoms with Crippen molar-refractivity contribution >= 4 is 32.9 Å². The van der Waals surface area contributed by atoms with Gasteiger partial charge >= 0.3 is 0 Å². The predicted octanol–water partition coefficient (Wildman–Crippen LogP) is 2.11. The molecule has 0 bridgehead atoms. The van der Waals surface area contributed by atoms with Crippen LogP contribution in [0.2, 0.25) is 0 Å². The second kappa shape index (κ2) is 10.7. The minimum Gasteiger partial charge on any atom is -0.460 e. The van der Waals surface area contributed by atoms with Crippen LogP contribution in [0.25, 0.3) is 11.0 Å². The molecule has 3 fully saturated rings. The molecular formula is C29H40N6O5S. The topological polar surface area (TPSA) is 160 Å². The van der Waals surface area contributed by atoms with Gasteiger partial charge in [-0.1, -0.05) is 37.1 Å². The third-order valence-corrected chi connectivity index (χ3v) is 11.4. The Labute approximate surface area is 240 Å². The number of ether oxygens (including phenoxy) is 1. The number of carbonyl (C=O) groups excluding carboxylic acids is 2. The van der Waals surface area contributed by atoms with E-state index in [-0.39, 0.29) is 24.0 Å². The molecule has 6 rings (SSSR count). The Morgan fingerprint density at radius 2 is 2.00 bits per heavy atom. The number of fused-ring (bicyclic) bond motifs is 3. The summed E-state index contributed by atoms with van der Waals surface area (Å²) < 4.78 is 33.4. The van der Waals surface area contributed by atoms with Crippen molar-refractivity contribution in [3.05, 3.63) is 36.4 Å². The number of aromatic nitrogens is 2. The Morgan fingerprint density at radius 3 is 2.78 bits per heavy atom. The molecule has 41 heavy (non-hydrogen) atoms. The van der Waals surface area contributed by atoms with E-state index in [9.17, 15) is 18.0 Å². The number of benzene rings is 1. The highest BCUT2D eigenvalue weighted by Crippen LogP contribution is 2.47. The fraction of sp³-hybridized carbons (Fsp3) is 0.621. The summed E-state index contributed by atoms with van der Waals surface area (Å²) >= 11 is 0. The SMILES string of the molecule is CC1(S(=O)(=O)NC(=O)[C@@]23C[C@H]2/C=C\CCCCC[C@H](N)CN2C[C@H](Oc4nc5ccccc5[nH]4)C[C@H]2C(=O)N3)CC1. The number of aromatic amines is 1. The van der Waals surface area contributed by atoms with E-state index in [1.54, 1.807) is 6.92 Å². The van der Waals surface area contributed by atoms with Crippen LogP contribution in [0.4, 0.5) is 0 Å². The van der Waals surface area contributed by atoms with Crippen molar-refractivity contribution in [2.75, 3.05) is 13.1 Å². The normalized spacial score (nSPS) is 33.0. The summed E-state index contributed by atoms with van der Waals surface area (Å²) in [5.74, 6) is -1.24. The number of hydrogen-bond donors (Lipinski definition) is 4. The second-order valence-electron chi connectivity index (χ2n) is 12.5. The fourth-order valence-corrected chi connectivity index (χ4v) is 7.44. The molecule has 222 valence electrons. The molecule has 4 aliphatic rings. The number of imidazole rings is 1. The van der Waals surface area contributed by atoms with Crippen molar-refractivity contribution in [1.82, 2.24) is 24.9 Å². The highest BCUT2D eigenvalue weighted by Gasteiger charge is 2.63. The van der Waals surface area contributed by atoms with Crippen LogP contribution >= 0.6 is 0 Å². The Kier molecular flexibility index (Phi) is 7.36. The number of nitrogens with two attached hydrogens (primary N) is 1. The number of carbonyl (C=O) groups is 2. The number of nitrogens with one attached hydrogen (secondary N) is 3. The minimum absolute atomic E-state index is 0.105. The van der Waals surface area contributed by atoms with Crippen molar-refractivity contribution in [3.8, 4) is 6.01 Å². The Hall–Kier alpha value is -2.96. The number of para-hydroxylation sites is 2. The number of nitrogens with zero attached hydrogens (tertiary/aromatic N) is 2. The van der Waals surface area contributed by atoms with Crippen molar-refractivity contribution in [2.24, 2.45) is 11.7 Å². The van der Waals surface area contributed by atoms with Gasteiger partial charge in [-0.15, -0.1) is 0 Å². The molecule has 11 nitrogen and oxygen atoms in total. The summed E-state index contributed by atoms with van der Waals surface area (Å²) in [5, 5.41) is 3.00. The third kappa shape index (κ3) is 5.74. The Balaban J connectivity index is 1.22. The number of H-pyrrole nitrogens is 1. The van der Waals surface area contributed by atoms with Gasteiger partial charge in [-0.3, -0.25) is 19.2 Å². The average molecular weight is 585 g/mol. The molecule has 2 amide bonds. The quantitative estimate of drug-likeness (QED) is 0.389. The predicted molar refractivity (Wildman–Crippen MR) is 154 cm³/mol. The fourth-order valence-electron chi connectivity index (χ4n) is 6.13. The molecule has 1 aromatic carbocycles. The minimum atomic E-state index is -3.84. The molecule has 5 N–H and O–H groups in total. The Bertz CT molecular complexity index is 1420. The van der Waals surface area contributed by atoms with E-state index in [0.717, 1.165) is 43.1 Å². The summed E-state index contributed by atoms with van der Waals surface area (Å²) in [7, 11) is -3.84. The average Bonchev–Trinajstić information content (AvgIpc) is 3.74. The van der Waals surface area contributed by atoms with Gasteiger partial charge in [-0.05, 0) is 57.6 Å². The van der Waals surface area contributed by atoms with Crippen molar-refractivity contribution in [1.29, 1.82) is 0 Å². The van der Waals surface area contributed by atoms with E-state index < -0.39 is 32.3 Å². The van der Waals surface area contributed by atoms with Crippen LogP contribution in [0.1, 0.15) is 64.7 Å². The lowest BCUT2D eigenvalue weighted by molar-refractivity contribution is -0.132. The molecule has 2 aliphatic heterocycles. The molecule has 0 spiro atoms. The maximum atomic E-state index is 13.9. The molecule has 1 saturated heterocycles. The maximum Gasteiger partial charge on any atom is 0.294 e. The molecule has 0 unspecified atom stereocenters. The zero-order valence-electron chi connectivity index (χ0n) is 23.5. The lowest BCUT2D eigenvalue weighted by Gasteiger charge is -2.28. The van der Waals surface area contributed by atoms with Crippen LogP contribution in [-0.2, 0) is 19.6 Å². The molecule has 1 aromatic heterocycles. The van der Waals surface area contributed by atoms with E-state index >= 15 is 0 Å². The van der Waals surface area contributed by atoms with E-state index in [1.165, 1.54) is 0 Å². The summed E-state index contributed by atoms with van der Waals surface area (Å²) in [6.45, 7) is 2.64. The number of amides is 2. The number of hydrogen-bond acceptors (Lipinski definition) is 8. The zero-order chi connectivity index (χ0) is 28.8. The first-order valence-corrected chi connectivity index (χ1v) is 16.2. The van der Waals surface area contributed by atoms with Crippen LogP contribution in [-0.4, -0.2) is 76.7 Å². The smallest absolute Gasteiger partial charge is 0.294 e. The maximum absolute atomic E-state index is 13.9. The lowest BCUT2D eigenvalue weighted by Crippen LogP contribution is -2.57. The van der Waals surface area contributed by atoms with Crippen LogP contribution in [0.3, 0.4) is 0 Å². The monoisotopic (exact) mass is 584 g/mol. The molecule has 2 saturated carbocycles. The van der Waals surface area contributed by atoms with Gasteiger partial charge in [0.25, 0.3) is 11.9 Å². The lowest BCUT2D eigenvalue weighted by atomic mass is 10.1. The van der Waals surface area contributed by atoms with Gasteiger partial charge in [-0.2, -0.15) is 4.98 Å². The number of sulfonamides is 1. The van der Waals surface area contributed by atoms with Gasteiger partial charge < -0.3 is 20.8 Å². The van der Waals surface area contributed by atoms with Crippen LogP contribution < -0.4 is 20.5 Å². The second-order valence-corrected chi connectivity index (χ2v) is 14.7. The largest absolute Gasteiger partial charge is 0.460 e. The number of rotatable bonds is 5. The van der Waals surface area contributed by atoms with Crippen LogP contribution in [0.5, 0.6) is 6.01 Å². The van der Waals surface area contributed by atoms with Gasteiger partial charge in [0.2, 0.25) is 15.9 Å². The first-order chi connectivity index (χ1) is 19.6. The molecular weight excluding hydrogens is 544 g/mol. The third-order valence-electron chi connectivity index (χ3n) is 9.19. The first kappa shape index (κ1) is 28.2. The van der Waals surface area contributed by atoms with Crippen LogP contribution in [0, 0.1) is 5.92 Å². The highest BCUT2D eigenvalue weighted by atomic mass is 32.2. The van der Waals surface area contributed by atoms with Crippen molar-refractivity contribution < 1.29 is 22.7 Å². The van der Waals surface area contributed by atoms with E-state index in [4.69, 9.17) is 10.5 Å². The summed E-state index contributed by atoms with van der Waals surface area (Å²) in [4.78, 5) is 37.1. The summed E-state index contributed by atoms with van der Waals surface area (Å²) in [6.07, 6.45) is 10.2. The molecule has 0 radical (unpaired) electrons. The zero-order valence-corrected chi connectivity index (χ0v) is 24.3. The molecule has 2 aromatic rings. The van der Waals surface area contributed by atoms with E-state index in [1.807, 2.05) is 41.3 Å².